The van der Waals surface area contributed by atoms with E-state index in [0.29, 0.717) is 6.54 Å². The molecule has 0 spiro atoms. The van der Waals surface area contributed by atoms with Crippen LogP contribution in [0.4, 0.5) is 0 Å². The Kier molecular flexibility index (Phi) is 5.65. The molecule has 4 nitrogen and oxygen atoms in total. The molecule has 1 N–H and O–H groups in total. The Morgan fingerprint density at radius 1 is 1.27 bits per heavy atom. The number of likely N-dealkylation sites (N-methyl/N-ethyl adjacent to an activating group) is 1. The fraction of sp³-hybridized carbons (Fsp3) is 0.909. The quantitative estimate of drug-likeness (QED) is 0.660. The summed E-state index contributed by atoms with van der Waals surface area (Å²) >= 11 is 0. The first-order valence-electron chi connectivity index (χ1n) is 5.83. The molecule has 0 aromatic rings. The number of carbonyl (C=O) groups is 1. The van der Waals surface area contributed by atoms with E-state index >= 15 is 0 Å². The van der Waals surface area contributed by atoms with Gasteiger partial charge in [0.15, 0.2) is 0 Å². The molecule has 0 unspecified atom stereocenters. The fourth-order valence-corrected chi connectivity index (χ4v) is 1.77. The van der Waals surface area contributed by atoms with Gasteiger partial charge < -0.3 is 15.1 Å². The molecule has 0 aromatic heterocycles. The van der Waals surface area contributed by atoms with E-state index in [1.807, 2.05) is 0 Å². The topological polar surface area (TPSA) is 35.6 Å². The summed E-state index contributed by atoms with van der Waals surface area (Å²) in [4.78, 5) is 15.3. The average molecular weight is 213 g/mol. The maximum Gasteiger partial charge on any atom is 0.236 e. The highest BCUT2D eigenvalue weighted by atomic mass is 16.2. The van der Waals surface area contributed by atoms with Crippen LogP contribution in [0.3, 0.4) is 0 Å². The zero-order valence-corrected chi connectivity index (χ0v) is 9.96. The van der Waals surface area contributed by atoms with Gasteiger partial charge in [0.1, 0.15) is 0 Å². The van der Waals surface area contributed by atoms with Crippen molar-refractivity contribution in [1.29, 1.82) is 0 Å². The fourth-order valence-electron chi connectivity index (χ4n) is 1.77. The molecule has 1 rings (SSSR count). The van der Waals surface area contributed by atoms with Gasteiger partial charge in [-0.25, -0.2) is 0 Å². The predicted octanol–water partition coefficient (Wildman–Crippen LogP) is 0.150. The molecule has 0 saturated carbocycles. The van der Waals surface area contributed by atoms with Crippen molar-refractivity contribution >= 4 is 5.91 Å². The maximum atomic E-state index is 11.2. The molecule has 0 atom stereocenters. The number of carbonyl (C=O) groups excluding carboxylic acids is 1. The summed E-state index contributed by atoms with van der Waals surface area (Å²) in [7, 11) is 3.57. The standard InChI is InChI=1S/C11H23N3O/c1-13(2)11(15)10-12-6-9-14-7-4-3-5-8-14/h12H,3-10H2,1-2H3. The Labute approximate surface area is 92.6 Å². The molecule has 0 bridgehead atoms. The molecular weight excluding hydrogens is 190 g/mol. The van der Waals surface area contributed by atoms with Gasteiger partial charge in [0.25, 0.3) is 0 Å². The average Bonchev–Trinajstić information content (AvgIpc) is 2.25. The van der Waals surface area contributed by atoms with Gasteiger partial charge in [0, 0.05) is 27.2 Å². The van der Waals surface area contributed by atoms with Gasteiger partial charge in [0.2, 0.25) is 5.91 Å². The lowest BCUT2D eigenvalue weighted by Crippen LogP contribution is -2.39. The zero-order chi connectivity index (χ0) is 11.1. The lowest BCUT2D eigenvalue weighted by atomic mass is 10.1. The summed E-state index contributed by atoms with van der Waals surface area (Å²) < 4.78 is 0. The minimum absolute atomic E-state index is 0.147. The van der Waals surface area contributed by atoms with Crippen LogP contribution in [-0.2, 0) is 4.79 Å². The second kappa shape index (κ2) is 6.80. The van der Waals surface area contributed by atoms with Crippen LogP contribution in [0, 0.1) is 0 Å². The smallest absolute Gasteiger partial charge is 0.236 e. The number of amides is 1. The van der Waals surface area contributed by atoms with Gasteiger partial charge in [-0.1, -0.05) is 6.42 Å². The summed E-state index contributed by atoms with van der Waals surface area (Å²) in [6.45, 7) is 4.90. The number of hydrogen-bond acceptors (Lipinski definition) is 3. The van der Waals surface area contributed by atoms with Crippen molar-refractivity contribution in [2.24, 2.45) is 0 Å². The van der Waals surface area contributed by atoms with Crippen LogP contribution < -0.4 is 5.32 Å². The summed E-state index contributed by atoms with van der Waals surface area (Å²) in [5.74, 6) is 0.147. The van der Waals surface area contributed by atoms with Gasteiger partial charge in [-0.3, -0.25) is 4.79 Å². The molecule has 88 valence electrons. The first-order valence-corrected chi connectivity index (χ1v) is 5.83. The molecule has 1 saturated heterocycles. The molecule has 15 heavy (non-hydrogen) atoms. The zero-order valence-electron chi connectivity index (χ0n) is 9.96. The third-order valence-electron chi connectivity index (χ3n) is 2.83. The largest absolute Gasteiger partial charge is 0.348 e. The molecule has 0 aliphatic carbocycles. The lowest BCUT2D eigenvalue weighted by Gasteiger charge is -2.26. The number of likely N-dealkylation sites (tertiary alicyclic amines) is 1. The number of nitrogens with one attached hydrogen (secondary N) is 1. The second-order valence-corrected chi connectivity index (χ2v) is 4.37. The molecule has 1 amide bonds. The van der Waals surface area contributed by atoms with Crippen LogP contribution >= 0.6 is 0 Å². The van der Waals surface area contributed by atoms with Crippen LogP contribution in [0.15, 0.2) is 0 Å². The molecule has 1 heterocycles. The van der Waals surface area contributed by atoms with E-state index in [9.17, 15) is 4.79 Å². The van der Waals surface area contributed by atoms with Gasteiger partial charge in [-0.2, -0.15) is 0 Å². The SMILES string of the molecule is CN(C)C(=O)CNCCN1CCCCC1. The number of nitrogens with zero attached hydrogens (tertiary/aromatic N) is 2. The number of rotatable bonds is 5. The molecule has 4 heteroatoms. The van der Waals surface area contributed by atoms with Crippen molar-refractivity contribution in [2.45, 2.75) is 19.3 Å². The highest BCUT2D eigenvalue weighted by Gasteiger charge is 2.09. The van der Waals surface area contributed by atoms with Crippen LogP contribution in [0.1, 0.15) is 19.3 Å². The van der Waals surface area contributed by atoms with E-state index in [1.165, 1.54) is 32.4 Å². The van der Waals surface area contributed by atoms with Crippen LogP contribution in [-0.4, -0.2) is 62.5 Å². The molecule has 1 aliphatic heterocycles. The second-order valence-electron chi connectivity index (χ2n) is 4.37. The first kappa shape index (κ1) is 12.5. The molecule has 0 aromatic carbocycles. The predicted molar refractivity (Wildman–Crippen MR) is 61.9 cm³/mol. The Bertz CT molecular complexity index is 188. The van der Waals surface area contributed by atoms with Crippen molar-refractivity contribution in [2.75, 3.05) is 46.8 Å². The van der Waals surface area contributed by atoms with E-state index in [2.05, 4.69) is 10.2 Å². The van der Waals surface area contributed by atoms with Crippen molar-refractivity contribution in [3.05, 3.63) is 0 Å². The van der Waals surface area contributed by atoms with E-state index < -0.39 is 0 Å². The summed E-state index contributed by atoms with van der Waals surface area (Å²) in [6.07, 6.45) is 4.04. The van der Waals surface area contributed by atoms with Crippen molar-refractivity contribution < 1.29 is 4.79 Å². The Morgan fingerprint density at radius 2 is 1.93 bits per heavy atom. The van der Waals surface area contributed by atoms with E-state index in [-0.39, 0.29) is 5.91 Å². The van der Waals surface area contributed by atoms with Crippen molar-refractivity contribution in [3.8, 4) is 0 Å². The van der Waals surface area contributed by atoms with Gasteiger partial charge in [0.05, 0.1) is 6.54 Å². The van der Waals surface area contributed by atoms with Crippen molar-refractivity contribution in [1.82, 2.24) is 15.1 Å². The highest BCUT2D eigenvalue weighted by molar-refractivity contribution is 5.77. The van der Waals surface area contributed by atoms with Crippen LogP contribution in [0.5, 0.6) is 0 Å². The first-order chi connectivity index (χ1) is 7.20. The lowest BCUT2D eigenvalue weighted by molar-refractivity contribution is -0.127. The van der Waals surface area contributed by atoms with Gasteiger partial charge >= 0.3 is 0 Å². The van der Waals surface area contributed by atoms with Crippen molar-refractivity contribution in [3.63, 3.8) is 0 Å². The Balaban J connectivity index is 1.98. The molecular formula is C11H23N3O. The van der Waals surface area contributed by atoms with Crippen LogP contribution in [0.25, 0.3) is 0 Å². The van der Waals surface area contributed by atoms with Gasteiger partial charge in [-0.15, -0.1) is 0 Å². The third-order valence-corrected chi connectivity index (χ3v) is 2.83. The Morgan fingerprint density at radius 3 is 2.53 bits per heavy atom. The highest BCUT2D eigenvalue weighted by Crippen LogP contribution is 2.07. The summed E-state index contributed by atoms with van der Waals surface area (Å²) in [6, 6.07) is 0. The monoisotopic (exact) mass is 213 g/mol. The third kappa shape index (κ3) is 5.14. The minimum atomic E-state index is 0.147. The molecule has 0 radical (unpaired) electrons. The van der Waals surface area contributed by atoms with E-state index in [4.69, 9.17) is 0 Å². The normalized spacial score (nSPS) is 17.7. The number of piperidine rings is 1. The molecule has 1 fully saturated rings. The minimum Gasteiger partial charge on any atom is -0.348 e. The van der Waals surface area contributed by atoms with Gasteiger partial charge in [-0.05, 0) is 25.9 Å². The summed E-state index contributed by atoms with van der Waals surface area (Å²) in [5.41, 5.74) is 0. The van der Waals surface area contributed by atoms with E-state index in [1.54, 1.807) is 19.0 Å². The van der Waals surface area contributed by atoms with E-state index in [0.717, 1.165) is 13.1 Å². The molecule has 1 aliphatic rings. The number of hydrogen-bond donors (Lipinski definition) is 1. The summed E-state index contributed by atoms with van der Waals surface area (Å²) in [5, 5.41) is 3.18. The Hall–Kier alpha value is -0.610. The maximum absolute atomic E-state index is 11.2. The van der Waals surface area contributed by atoms with Crippen LogP contribution in [0.2, 0.25) is 0 Å².